The second kappa shape index (κ2) is 4.30. The highest BCUT2D eigenvalue weighted by molar-refractivity contribution is 5.81. The molecule has 0 saturated heterocycles. The summed E-state index contributed by atoms with van der Waals surface area (Å²) in [6.45, 7) is 7.30. The first-order valence-corrected chi connectivity index (χ1v) is 5.50. The maximum Gasteiger partial charge on any atom is 0.236 e. The van der Waals surface area contributed by atoms with Crippen molar-refractivity contribution in [2.24, 2.45) is 17.1 Å². The lowest BCUT2D eigenvalue weighted by atomic mass is 10.1. The van der Waals surface area contributed by atoms with Crippen LogP contribution in [0.15, 0.2) is 0 Å². The Bertz CT molecular complexity index is 213. The van der Waals surface area contributed by atoms with Gasteiger partial charge in [-0.2, -0.15) is 0 Å². The summed E-state index contributed by atoms with van der Waals surface area (Å²) in [7, 11) is 0. The minimum atomic E-state index is -0.318. The van der Waals surface area contributed by atoms with Gasteiger partial charge in [-0.3, -0.25) is 4.79 Å². The fourth-order valence-electron chi connectivity index (χ4n) is 1.72. The first kappa shape index (κ1) is 11.5. The maximum absolute atomic E-state index is 11.4. The van der Waals surface area contributed by atoms with Crippen LogP contribution < -0.4 is 11.1 Å². The number of carbonyl (C=O) groups excluding carboxylic acids is 1. The number of amides is 1. The summed E-state index contributed by atoms with van der Waals surface area (Å²) in [5.41, 5.74) is 6.12. The molecule has 0 aromatic rings. The Morgan fingerprint density at radius 2 is 2.21 bits per heavy atom. The molecule has 0 aromatic heterocycles. The van der Waals surface area contributed by atoms with Gasteiger partial charge in [0, 0.05) is 6.54 Å². The number of rotatable bonds is 5. The summed E-state index contributed by atoms with van der Waals surface area (Å²) < 4.78 is 0. The van der Waals surface area contributed by atoms with E-state index in [1.54, 1.807) is 0 Å². The average Bonchev–Trinajstić information content (AvgIpc) is 2.70. The average molecular weight is 198 g/mol. The third-order valence-corrected chi connectivity index (χ3v) is 3.18. The maximum atomic E-state index is 11.4. The number of carbonyl (C=O) groups is 1. The van der Waals surface area contributed by atoms with Gasteiger partial charge in [0.1, 0.15) is 0 Å². The van der Waals surface area contributed by atoms with Gasteiger partial charge in [0.25, 0.3) is 0 Å². The molecule has 1 aliphatic rings. The largest absolute Gasteiger partial charge is 0.354 e. The van der Waals surface area contributed by atoms with Gasteiger partial charge in [-0.05, 0) is 24.2 Å². The summed E-state index contributed by atoms with van der Waals surface area (Å²) in [4.78, 5) is 11.4. The van der Waals surface area contributed by atoms with Crippen LogP contribution >= 0.6 is 0 Å². The van der Waals surface area contributed by atoms with Crippen LogP contribution in [0.1, 0.15) is 40.0 Å². The summed E-state index contributed by atoms with van der Waals surface area (Å²) >= 11 is 0. The van der Waals surface area contributed by atoms with E-state index in [2.05, 4.69) is 19.2 Å². The van der Waals surface area contributed by atoms with Crippen molar-refractivity contribution in [2.75, 3.05) is 6.54 Å². The van der Waals surface area contributed by atoms with Gasteiger partial charge >= 0.3 is 0 Å². The SMILES string of the molecule is CCC[C@@H](N)C(=O)NCC1CC1(C)C. The van der Waals surface area contributed by atoms with E-state index in [1.165, 1.54) is 6.42 Å². The van der Waals surface area contributed by atoms with E-state index >= 15 is 0 Å². The van der Waals surface area contributed by atoms with Crippen molar-refractivity contribution in [1.82, 2.24) is 5.32 Å². The van der Waals surface area contributed by atoms with Gasteiger partial charge in [0.05, 0.1) is 6.04 Å². The molecule has 1 amide bonds. The molecule has 0 radical (unpaired) electrons. The molecule has 82 valence electrons. The molecule has 1 aliphatic carbocycles. The molecule has 3 N–H and O–H groups in total. The van der Waals surface area contributed by atoms with Crippen molar-refractivity contribution in [3.05, 3.63) is 0 Å². The monoisotopic (exact) mass is 198 g/mol. The van der Waals surface area contributed by atoms with E-state index in [4.69, 9.17) is 5.73 Å². The minimum Gasteiger partial charge on any atom is -0.354 e. The summed E-state index contributed by atoms with van der Waals surface area (Å²) in [6, 6.07) is -0.318. The van der Waals surface area contributed by atoms with Gasteiger partial charge < -0.3 is 11.1 Å². The lowest BCUT2D eigenvalue weighted by Crippen LogP contribution is -2.41. The van der Waals surface area contributed by atoms with Gasteiger partial charge in [0.2, 0.25) is 5.91 Å². The number of hydrogen-bond acceptors (Lipinski definition) is 2. The van der Waals surface area contributed by atoms with Crippen LogP contribution in [0.25, 0.3) is 0 Å². The second-order valence-electron chi connectivity index (χ2n) is 5.03. The Morgan fingerprint density at radius 3 is 2.64 bits per heavy atom. The van der Waals surface area contributed by atoms with Crippen LogP contribution in [-0.2, 0) is 4.79 Å². The topological polar surface area (TPSA) is 55.1 Å². The van der Waals surface area contributed by atoms with E-state index in [0.29, 0.717) is 11.3 Å². The molecule has 0 bridgehead atoms. The number of nitrogens with two attached hydrogens (primary N) is 1. The molecule has 2 atom stereocenters. The van der Waals surface area contributed by atoms with Crippen LogP contribution in [0.2, 0.25) is 0 Å². The molecular formula is C11H22N2O. The predicted molar refractivity (Wildman–Crippen MR) is 57.8 cm³/mol. The fourth-order valence-corrected chi connectivity index (χ4v) is 1.72. The quantitative estimate of drug-likeness (QED) is 0.699. The van der Waals surface area contributed by atoms with Crippen LogP contribution in [-0.4, -0.2) is 18.5 Å². The van der Waals surface area contributed by atoms with Crippen LogP contribution in [0.5, 0.6) is 0 Å². The van der Waals surface area contributed by atoms with Crippen LogP contribution in [0.4, 0.5) is 0 Å². The fraction of sp³-hybridized carbons (Fsp3) is 0.909. The molecule has 0 aromatic carbocycles. The molecular weight excluding hydrogens is 176 g/mol. The van der Waals surface area contributed by atoms with E-state index in [-0.39, 0.29) is 11.9 Å². The van der Waals surface area contributed by atoms with E-state index in [9.17, 15) is 4.79 Å². The molecule has 3 nitrogen and oxygen atoms in total. The standard InChI is InChI=1S/C11H22N2O/c1-4-5-9(12)10(14)13-7-8-6-11(8,2)3/h8-9H,4-7,12H2,1-3H3,(H,13,14)/t8?,9-/m1/s1. The minimum absolute atomic E-state index is 0.00884. The van der Waals surface area contributed by atoms with Gasteiger partial charge in [-0.1, -0.05) is 27.2 Å². The summed E-state index contributed by atoms with van der Waals surface area (Å²) in [5, 5.41) is 2.92. The Balaban J connectivity index is 2.16. The number of hydrogen-bond donors (Lipinski definition) is 2. The lowest BCUT2D eigenvalue weighted by Gasteiger charge is -2.11. The molecule has 1 unspecified atom stereocenters. The third kappa shape index (κ3) is 2.98. The number of nitrogens with one attached hydrogen (secondary N) is 1. The van der Waals surface area contributed by atoms with Gasteiger partial charge in [-0.25, -0.2) is 0 Å². The molecule has 0 aliphatic heterocycles. The Morgan fingerprint density at radius 1 is 1.64 bits per heavy atom. The zero-order chi connectivity index (χ0) is 10.8. The Hall–Kier alpha value is -0.570. The van der Waals surface area contributed by atoms with Crippen LogP contribution in [0, 0.1) is 11.3 Å². The highest BCUT2D eigenvalue weighted by atomic mass is 16.2. The van der Waals surface area contributed by atoms with Gasteiger partial charge in [0.15, 0.2) is 0 Å². The predicted octanol–water partition coefficient (Wildman–Crippen LogP) is 1.28. The van der Waals surface area contributed by atoms with E-state index in [0.717, 1.165) is 19.4 Å². The Kier molecular flexibility index (Phi) is 3.53. The zero-order valence-corrected chi connectivity index (χ0v) is 9.47. The van der Waals surface area contributed by atoms with Crippen molar-refractivity contribution >= 4 is 5.91 Å². The highest BCUT2D eigenvalue weighted by Gasteiger charge is 2.45. The zero-order valence-electron chi connectivity index (χ0n) is 9.47. The van der Waals surface area contributed by atoms with E-state index < -0.39 is 0 Å². The third-order valence-electron chi connectivity index (χ3n) is 3.18. The second-order valence-corrected chi connectivity index (χ2v) is 5.03. The Labute approximate surface area is 86.4 Å². The first-order valence-electron chi connectivity index (χ1n) is 5.50. The molecule has 1 rings (SSSR count). The first-order chi connectivity index (χ1) is 6.47. The molecule has 3 heteroatoms. The molecule has 0 spiro atoms. The lowest BCUT2D eigenvalue weighted by molar-refractivity contribution is -0.122. The molecule has 14 heavy (non-hydrogen) atoms. The normalized spacial score (nSPS) is 25.6. The van der Waals surface area contributed by atoms with Crippen molar-refractivity contribution in [3.63, 3.8) is 0 Å². The smallest absolute Gasteiger partial charge is 0.236 e. The molecule has 1 fully saturated rings. The van der Waals surface area contributed by atoms with Crippen molar-refractivity contribution in [2.45, 2.75) is 46.1 Å². The molecule has 1 saturated carbocycles. The summed E-state index contributed by atoms with van der Waals surface area (Å²) in [6.07, 6.45) is 2.96. The van der Waals surface area contributed by atoms with E-state index in [1.807, 2.05) is 6.92 Å². The van der Waals surface area contributed by atoms with Crippen molar-refractivity contribution in [1.29, 1.82) is 0 Å². The van der Waals surface area contributed by atoms with Gasteiger partial charge in [-0.15, -0.1) is 0 Å². The highest BCUT2D eigenvalue weighted by Crippen LogP contribution is 2.50. The van der Waals surface area contributed by atoms with Crippen molar-refractivity contribution < 1.29 is 4.79 Å². The summed E-state index contributed by atoms with van der Waals surface area (Å²) in [5.74, 6) is 0.662. The van der Waals surface area contributed by atoms with Crippen LogP contribution in [0.3, 0.4) is 0 Å². The van der Waals surface area contributed by atoms with Crippen molar-refractivity contribution in [3.8, 4) is 0 Å². The molecule has 0 heterocycles.